The highest BCUT2D eigenvalue weighted by Crippen LogP contribution is 2.03. The molecule has 1 N–H and O–H groups in total. The maximum absolute atomic E-state index is 10.7. The minimum absolute atomic E-state index is 0.0282. The van der Waals surface area contributed by atoms with Gasteiger partial charge >= 0.3 is 5.97 Å². The molecule has 1 heterocycles. The van der Waals surface area contributed by atoms with Gasteiger partial charge in [0.2, 0.25) is 0 Å². The van der Waals surface area contributed by atoms with E-state index in [0.29, 0.717) is 12.3 Å². The van der Waals surface area contributed by atoms with Crippen molar-refractivity contribution in [2.45, 2.75) is 19.6 Å². The fraction of sp³-hybridized carbons (Fsp3) is 0.455. The summed E-state index contributed by atoms with van der Waals surface area (Å²) in [7, 11) is 1.60. The maximum Gasteiger partial charge on any atom is 0.354 e. The Morgan fingerprint density at radius 3 is 2.94 bits per heavy atom. The molecule has 1 aromatic heterocycles. The molecule has 0 spiro atoms. The van der Waals surface area contributed by atoms with E-state index in [9.17, 15) is 4.79 Å². The largest absolute Gasteiger partial charge is 0.477 e. The van der Waals surface area contributed by atoms with E-state index in [-0.39, 0.29) is 18.4 Å². The Hall–Kier alpha value is -1.46. The molecule has 0 aliphatic carbocycles. The second-order valence-electron chi connectivity index (χ2n) is 3.40. The quantitative estimate of drug-likeness (QED) is 0.791. The molecular weight excluding hydrogens is 210 g/mol. The highest BCUT2D eigenvalue weighted by Gasteiger charge is 2.06. The van der Waals surface area contributed by atoms with E-state index in [1.165, 1.54) is 6.07 Å². The smallest absolute Gasteiger partial charge is 0.354 e. The van der Waals surface area contributed by atoms with E-state index in [1.54, 1.807) is 19.2 Å². The summed E-state index contributed by atoms with van der Waals surface area (Å²) in [6, 6.07) is 4.83. The van der Waals surface area contributed by atoms with Crippen LogP contribution in [0.2, 0.25) is 0 Å². The zero-order valence-corrected chi connectivity index (χ0v) is 9.34. The van der Waals surface area contributed by atoms with E-state index >= 15 is 0 Å². The first-order valence-electron chi connectivity index (χ1n) is 4.93. The summed E-state index contributed by atoms with van der Waals surface area (Å²) in [5.74, 6) is -1.04. The molecule has 0 bridgehead atoms. The minimum atomic E-state index is -1.04. The molecule has 1 aromatic rings. The van der Waals surface area contributed by atoms with Crippen molar-refractivity contribution in [2.24, 2.45) is 0 Å². The molecule has 0 aromatic carbocycles. The second-order valence-corrected chi connectivity index (χ2v) is 3.40. The summed E-state index contributed by atoms with van der Waals surface area (Å²) in [5.41, 5.74) is 0.628. The van der Waals surface area contributed by atoms with Gasteiger partial charge in [-0.3, -0.25) is 0 Å². The number of rotatable bonds is 6. The lowest BCUT2D eigenvalue weighted by atomic mass is 10.3. The maximum atomic E-state index is 10.7. The Bertz CT molecular complexity index is 354. The van der Waals surface area contributed by atoms with Crippen molar-refractivity contribution >= 4 is 5.97 Å². The van der Waals surface area contributed by atoms with Gasteiger partial charge in [0, 0.05) is 7.11 Å². The average molecular weight is 225 g/mol. The molecule has 0 amide bonds. The summed E-state index contributed by atoms with van der Waals surface area (Å²) in [5, 5.41) is 8.75. The minimum Gasteiger partial charge on any atom is -0.477 e. The number of methoxy groups -OCH3 is 1. The summed E-state index contributed by atoms with van der Waals surface area (Å²) in [6.07, 6.45) is -0.0414. The number of hydrogen-bond acceptors (Lipinski definition) is 4. The topological polar surface area (TPSA) is 68.7 Å². The number of aromatic carboxylic acids is 1. The van der Waals surface area contributed by atoms with Gasteiger partial charge in [0.15, 0.2) is 0 Å². The number of pyridine rings is 1. The van der Waals surface area contributed by atoms with Gasteiger partial charge in [-0.25, -0.2) is 9.78 Å². The van der Waals surface area contributed by atoms with E-state index in [4.69, 9.17) is 14.6 Å². The zero-order chi connectivity index (χ0) is 12.0. The van der Waals surface area contributed by atoms with Crippen molar-refractivity contribution in [3.05, 3.63) is 29.6 Å². The van der Waals surface area contributed by atoms with Crippen LogP contribution in [0.25, 0.3) is 0 Å². The molecule has 0 aliphatic rings. The van der Waals surface area contributed by atoms with Gasteiger partial charge in [-0.1, -0.05) is 6.07 Å². The molecule has 0 aliphatic heterocycles. The van der Waals surface area contributed by atoms with E-state index in [1.807, 2.05) is 6.92 Å². The van der Waals surface area contributed by atoms with Crippen LogP contribution in [0.5, 0.6) is 0 Å². The molecule has 1 atom stereocenters. The third kappa shape index (κ3) is 3.96. The highest BCUT2D eigenvalue weighted by molar-refractivity contribution is 5.85. The Balaban J connectivity index is 2.54. The Kier molecular flexibility index (Phi) is 4.88. The predicted molar refractivity (Wildman–Crippen MR) is 57.3 cm³/mol. The molecular formula is C11H15NO4. The number of carbonyl (C=O) groups is 1. The van der Waals surface area contributed by atoms with Gasteiger partial charge in [-0.15, -0.1) is 0 Å². The van der Waals surface area contributed by atoms with Crippen LogP contribution in [0.4, 0.5) is 0 Å². The third-order valence-electron chi connectivity index (χ3n) is 1.94. The van der Waals surface area contributed by atoms with E-state index < -0.39 is 5.97 Å². The van der Waals surface area contributed by atoms with Gasteiger partial charge < -0.3 is 14.6 Å². The molecule has 0 radical (unpaired) electrons. The fourth-order valence-corrected chi connectivity index (χ4v) is 1.19. The highest BCUT2D eigenvalue weighted by atomic mass is 16.5. The summed E-state index contributed by atoms with van der Waals surface area (Å²) in [6.45, 7) is 2.66. The van der Waals surface area contributed by atoms with Crippen LogP contribution < -0.4 is 0 Å². The Labute approximate surface area is 94.0 Å². The molecule has 1 rings (SSSR count). The number of aromatic nitrogens is 1. The van der Waals surface area contributed by atoms with Crippen molar-refractivity contribution < 1.29 is 19.4 Å². The number of carboxylic acid groups (broad SMARTS) is 1. The second kappa shape index (κ2) is 6.19. The van der Waals surface area contributed by atoms with Gasteiger partial charge in [0.1, 0.15) is 5.69 Å². The monoisotopic (exact) mass is 225 g/mol. The Morgan fingerprint density at radius 2 is 2.31 bits per heavy atom. The van der Waals surface area contributed by atoms with Crippen molar-refractivity contribution in [2.75, 3.05) is 13.7 Å². The molecule has 0 fully saturated rings. The Morgan fingerprint density at radius 1 is 1.56 bits per heavy atom. The molecule has 16 heavy (non-hydrogen) atoms. The fourth-order valence-electron chi connectivity index (χ4n) is 1.19. The first kappa shape index (κ1) is 12.6. The van der Waals surface area contributed by atoms with Gasteiger partial charge in [-0.05, 0) is 19.1 Å². The normalized spacial score (nSPS) is 12.4. The number of nitrogens with zero attached hydrogens (tertiary/aromatic N) is 1. The molecule has 1 unspecified atom stereocenters. The van der Waals surface area contributed by atoms with Gasteiger partial charge in [-0.2, -0.15) is 0 Å². The standard InChI is InChI=1S/C11H15NO4/c1-8(6-15-2)16-7-9-4-3-5-10(12-9)11(13)14/h3-5,8H,6-7H2,1-2H3,(H,13,14). The SMILES string of the molecule is COCC(C)OCc1cccc(C(=O)O)n1. The lowest BCUT2D eigenvalue weighted by molar-refractivity contribution is -0.00143. The van der Waals surface area contributed by atoms with E-state index in [2.05, 4.69) is 4.98 Å². The molecule has 88 valence electrons. The summed E-state index contributed by atoms with van der Waals surface area (Å²) < 4.78 is 10.3. The third-order valence-corrected chi connectivity index (χ3v) is 1.94. The van der Waals surface area contributed by atoms with Crippen molar-refractivity contribution in [3.63, 3.8) is 0 Å². The van der Waals surface area contributed by atoms with Crippen LogP contribution in [-0.2, 0) is 16.1 Å². The molecule has 0 saturated heterocycles. The van der Waals surface area contributed by atoms with Crippen LogP contribution in [0.3, 0.4) is 0 Å². The van der Waals surface area contributed by atoms with Crippen LogP contribution in [0.1, 0.15) is 23.1 Å². The molecule has 5 nitrogen and oxygen atoms in total. The van der Waals surface area contributed by atoms with Crippen molar-refractivity contribution in [1.29, 1.82) is 0 Å². The van der Waals surface area contributed by atoms with Gasteiger partial charge in [0.25, 0.3) is 0 Å². The molecule has 5 heteroatoms. The number of carboxylic acids is 1. The van der Waals surface area contributed by atoms with Crippen LogP contribution in [0, 0.1) is 0 Å². The van der Waals surface area contributed by atoms with Crippen LogP contribution in [-0.4, -0.2) is 35.9 Å². The van der Waals surface area contributed by atoms with Crippen molar-refractivity contribution in [1.82, 2.24) is 4.98 Å². The summed E-state index contributed by atoms with van der Waals surface area (Å²) >= 11 is 0. The van der Waals surface area contributed by atoms with E-state index in [0.717, 1.165) is 0 Å². The van der Waals surface area contributed by atoms with Crippen molar-refractivity contribution in [3.8, 4) is 0 Å². The zero-order valence-electron chi connectivity index (χ0n) is 9.34. The first-order valence-corrected chi connectivity index (χ1v) is 4.93. The lowest BCUT2D eigenvalue weighted by Crippen LogP contribution is -2.15. The number of ether oxygens (including phenoxy) is 2. The lowest BCUT2D eigenvalue weighted by Gasteiger charge is -2.11. The molecule has 0 saturated carbocycles. The average Bonchev–Trinajstić information content (AvgIpc) is 2.27. The number of hydrogen-bond donors (Lipinski definition) is 1. The summed E-state index contributed by atoms with van der Waals surface area (Å²) in [4.78, 5) is 14.6. The van der Waals surface area contributed by atoms with Crippen LogP contribution >= 0.6 is 0 Å². The first-order chi connectivity index (χ1) is 7.63. The predicted octanol–water partition coefficient (Wildman–Crippen LogP) is 1.33. The van der Waals surface area contributed by atoms with Gasteiger partial charge in [0.05, 0.1) is 25.0 Å². The van der Waals surface area contributed by atoms with Crippen LogP contribution in [0.15, 0.2) is 18.2 Å².